The number of anilines is 2. The van der Waals surface area contributed by atoms with E-state index in [1.807, 2.05) is 19.1 Å². The van der Waals surface area contributed by atoms with Gasteiger partial charge in [0.2, 0.25) is 0 Å². The Labute approximate surface area is 259 Å². The highest BCUT2D eigenvalue weighted by Gasteiger charge is 2.19. The van der Waals surface area contributed by atoms with Gasteiger partial charge in [-0.2, -0.15) is 0 Å². The van der Waals surface area contributed by atoms with Gasteiger partial charge in [-0.1, -0.05) is 59.3 Å². The number of nitrogens with one attached hydrogen (secondary N) is 1. The lowest BCUT2D eigenvalue weighted by Gasteiger charge is -2.11. The van der Waals surface area contributed by atoms with Crippen LogP contribution in [0.15, 0.2) is 115 Å². The van der Waals surface area contributed by atoms with Crippen LogP contribution in [0.3, 0.4) is 0 Å². The molecule has 10 heteroatoms. The molecule has 0 bridgehead atoms. The van der Waals surface area contributed by atoms with E-state index in [-0.39, 0.29) is 17.3 Å². The summed E-state index contributed by atoms with van der Waals surface area (Å²) in [5, 5.41) is 4.35. The second-order valence-electron chi connectivity index (χ2n) is 9.93. The Bertz CT molecular complexity index is 2170. The third-order valence-corrected chi connectivity index (χ3v) is 8.77. The minimum atomic E-state index is -3.79. The van der Waals surface area contributed by atoms with E-state index in [0.717, 1.165) is 10.9 Å². The van der Waals surface area contributed by atoms with Crippen molar-refractivity contribution in [3.05, 3.63) is 143 Å². The predicted octanol–water partition coefficient (Wildman–Crippen LogP) is 7.49. The third kappa shape index (κ3) is 6.27. The molecule has 0 fully saturated rings. The number of fused-ring (bicyclic) bond motifs is 1. The second-order valence-corrected chi connectivity index (χ2v) is 12.1. The van der Waals surface area contributed by atoms with Gasteiger partial charge in [0.25, 0.3) is 10.0 Å². The van der Waals surface area contributed by atoms with Gasteiger partial charge in [0.15, 0.2) is 0 Å². The fraction of sp³-hybridized carbons (Fsp3) is 0.0588. The van der Waals surface area contributed by atoms with E-state index in [4.69, 9.17) is 16.3 Å². The van der Waals surface area contributed by atoms with Crippen molar-refractivity contribution in [1.29, 1.82) is 0 Å². The normalized spacial score (nSPS) is 11.2. The Morgan fingerprint density at radius 1 is 0.977 bits per heavy atom. The van der Waals surface area contributed by atoms with Gasteiger partial charge in [0.05, 0.1) is 21.0 Å². The highest BCUT2D eigenvalue weighted by atomic mass is 35.5. The number of aryl methyl sites for hydroxylation is 1. The van der Waals surface area contributed by atoms with Crippen LogP contribution in [0.25, 0.3) is 10.9 Å². The summed E-state index contributed by atoms with van der Waals surface area (Å²) in [6.07, 6.45) is 4.54. The molecule has 6 rings (SSSR count). The fourth-order valence-corrected chi connectivity index (χ4v) is 6.08. The maximum absolute atomic E-state index is 13.5. The molecule has 218 valence electrons. The van der Waals surface area contributed by atoms with E-state index in [2.05, 4.69) is 27.1 Å². The summed E-state index contributed by atoms with van der Waals surface area (Å²) < 4.78 is 47.2. The minimum absolute atomic E-state index is 0.171. The lowest BCUT2D eigenvalue weighted by molar-refractivity contribution is 0.306. The Morgan fingerprint density at radius 2 is 1.82 bits per heavy atom. The third-order valence-electron chi connectivity index (χ3n) is 6.77. The molecule has 2 heterocycles. The highest BCUT2D eigenvalue weighted by Crippen LogP contribution is 2.30. The number of aromatic nitrogens is 3. The Morgan fingerprint density at radius 3 is 2.61 bits per heavy atom. The summed E-state index contributed by atoms with van der Waals surface area (Å²) >= 11 is 6.46. The summed E-state index contributed by atoms with van der Waals surface area (Å²) in [5.41, 5.74) is 3.98. The zero-order valence-electron chi connectivity index (χ0n) is 23.3. The van der Waals surface area contributed by atoms with Gasteiger partial charge in [-0.25, -0.2) is 26.7 Å². The van der Waals surface area contributed by atoms with E-state index < -0.39 is 10.0 Å². The van der Waals surface area contributed by atoms with Crippen molar-refractivity contribution in [2.75, 3.05) is 5.32 Å². The van der Waals surface area contributed by atoms with Gasteiger partial charge in [0.1, 0.15) is 30.3 Å². The van der Waals surface area contributed by atoms with Gasteiger partial charge in [0, 0.05) is 29.0 Å². The van der Waals surface area contributed by atoms with Gasteiger partial charge in [-0.15, -0.1) is 0 Å². The quantitative estimate of drug-likeness (QED) is 0.186. The largest absolute Gasteiger partial charge is 0.487 e. The van der Waals surface area contributed by atoms with Gasteiger partial charge in [-0.05, 0) is 73.2 Å². The number of benzene rings is 4. The zero-order chi connectivity index (χ0) is 30.7. The molecule has 0 atom stereocenters. The van der Waals surface area contributed by atoms with Crippen molar-refractivity contribution in [1.82, 2.24) is 13.9 Å². The van der Waals surface area contributed by atoms with Crippen LogP contribution >= 0.6 is 11.6 Å². The molecule has 0 amide bonds. The first-order chi connectivity index (χ1) is 21.3. The second kappa shape index (κ2) is 12.2. The first-order valence-electron chi connectivity index (χ1n) is 13.5. The number of ether oxygens (including phenoxy) is 1. The smallest absolute Gasteiger partial charge is 0.268 e. The van der Waals surface area contributed by atoms with Crippen molar-refractivity contribution >= 4 is 44.0 Å². The Balaban J connectivity index is 1.22. The number of hydrogen-bond donors (Lipinski definition) is 1. The van der Waals surface area contributed by atoms with Crippen molar-refractivity contribution in [2.24, 2.45) is 0 Å². The van der Waals surface area contributed by atoms with Crippen LogP contribution in [0.5, 0.6) is 5.75 Å². The molecule has 6 aromatic rings. The number of hydrogen-bond acceptors (Lipinski definition) is 6. The van der Waals surface area contributed by atoms with E-state index in [1.54, 1.807) is 79.1 Å². The van der Waals surface area contributed by atoms with E-state index in [9.17, 15) is 12.8 Å². The molecule has 0 aliphatic rings. The molecular weight excluding hydrogens is 599 g/mol. The topological polar surface area (TPSA) is 86.1 Å². The Kier molecular flexibility index (Phi) is 8.03. The average molecular weight is 623 g/mol. The molecule has 0 aliphatic heterocycles. The zero-order valence-corrected chi connectivity index (χ0v) is 24.9. The maximum atomic E-state index is 13.5. The van der Waals surface area contributed by atoms with Crippen LogP contribution in [0.2, 0.25) is 5.02 Å². The molecule has 0 saturated carbocycles. The molecule has 1 N–H and O–H groups in total. The van der Waals surface area contributed by atoms with E-state index in [1.165, 1.54) is 22.4 Å². The summed E-state index contributed by atoms with van der Waals surface area (Å²) in [6, 6.07) is 25.3. The van der Waals surface area contributed by atoms with Crippen molar-refractivity contribution in [3.63, 3.8) is 0 Å². The number of rotatable bonds is 7. The minimum Gasteiger partial charge on any atom is -0.487 e. The van der Waals surface area contributed by atoms with Crippen LogP contribution in [-0.4, -0.2) is 22.4 Å². The van der Waals surface area contributed by atoms with Crippen molar-refractivity contribution in [3.8, 4) is 17.6 Å². The lowest BCUT2D eigenvalue weighted by atomic mass is 10.1. The lowest BCUT2D eigenvalue weighted by Crippen LogP contribution is -2.11. The molecular formula is C34H24ClFN4O3S. The summed E-state index contributed by atoms with van der Waals surface area (Å²) in [5.74, 6) is 6.77. The first-order valence-corrected chi connectivity index (χ1v) is 15.3. The summed E-state index contributed by atoms with van der Waals surface area (Å²) in [6.45, 7) is 2.08. The fourth-order valence-electron chi connectivity index (χ4n) is 4.50. The monoisotopic (exact) mass is 622 g/mol. The van der Waals surface area contributed by atoms with E-state index in [0.29, 0.717) is 44.5 Å². The molecule has 4 aromatic carbocycles. The molecule has 0 unspecified atom stereocenters. The van der Waals surface area contributed by atoms with Crippen LogP contribution in [0.1, 0.15) is 22.3 Å². The van der Waals surface area contributed by atoms with Crippen LogP contribution in [0.4, 0.5) is 15.9 Å². The molecule has 0 radical (unpaired) electrons. The van der Waals surface area contributed by atoms with Crippen LogP contribution in [0, 0.1) is 24.6 Å². The first kappa shape index (κ1) is 28.9. The molecule has 7 nitrogen and oxygen atoms in total. The van der Waals surface area contributed by atoms with Crippen molar-refractivity contribution < 1.29 is 17.5 Å². The van der Waals surface area contributed by atoms with Crippen molar-refractivity contribution in [2.45, 2.75) is 18.4 Å². The highest BCUT2D eigenvalue weighted by molar-refractivity contribution is 7.90. The van der Waals surface area contributed by atoms with Gasteiger partial charge in [-0.3, -0.25) is 0 Å². The molecule has 0 spiro atoms. The van der Waals surface area contributed by atoms with Gasteiger partial charge >= 0.3 is 0 Å². The number of halogens is 2. The molecule has 44 heavy (non-hydrogen) atoms. The molecule has 0 aliphatic carbocycles. The molecule has 2 aromatic heterocycles. The van der Waals surface area contributed by atoms with Crippen LogP contribution < -0.4 is 10.1 Å². The predicted molar refractivity (Wildman–Crippen MR) is 169 cm³/mol. The van der Waals surface area contributed by atoms with E-state index >= 15 is 0 Å². The van der Waals surface area contributed by atoms with Crippen LogP contribution in [-0.2, 0) is 16.6 Å². The maximum Gasteiger partial charge on any atom is 0.268 e. The van der Waals surface area contributed by atoms with Gasteiger partial charge < -0.3 is 10.1 Å². The number of nitrogens with zero attached hydrogens (tertiary/aromatic N) is 3. The standard InChI is InChI=1S/C34H24ClFN4O3S/c1-23-5-12-30(13-6-23)44(41,42)40-16-15-26-9-7-24(18-32(26)40)8-10-27-20-37-22-38-34(27)39-29-11-14-33(31(35)19-29)43-21-25-3-2-4-28(36)17-25/h2-7,9,11-20,22H,21H2,1H3,(H,37,38,39). The average Bonchev–Trinajstić information content (AvgIpc) is 3.45. The summed E-state index contributed by atoms with van der Waals surface area (Å²) in [4.78, 5) is 8.65. The SMILES string of the molecule is Cc1ccc(S(=O)(=O)n2ccc3ccc(C#Cc4cncnc4Nc4ccc(OCc5cccc(F)c5)c(Cl)c4)cc32)cc1. The Hall–Kier alpha value is -5.17. The summed E-state index contributed by atoms with van der Waals surface area (Å²) in [7, 11) is -3.79. The molecule has 0 saturated heterocycles.